The first-order chi connectivity index (χ1) is 7.18. The number of halogens is 1. The van der Waals surface area contributed by atoms with Gasteiger partial charge in [-0.2, -0.15) is 11.3 Å². The quantitative estimate of drug-likeness (QED) is 0.887. The maximum absolute atomic E-state index is 11.9. The molecule has 0 radical (unpaired) electrons. The number of carbonyl (C=O) groups is 1. The van der Waals surface area contributed by atoms with E-state index >= 15 is 0 Å². The van der Waals surface area contributed by atoms with Gasteiger partial charge in [-0.1, -0.05) is 13.3 Å². The fraction of sp³-hybridized carbons (Fsp3) is 0.545. The maximum atomic E-state index is 11.9. The standard InChI is InChI=1S/C11H14BrNOS/c1-7-3-2-4-10(7)13-11(14)8-5-15-6-9(8)12/h5-7,10H,2-4H2,1H3,(H,13,14). The van der Waals surface area contributed by atoms with E-state index in [0.29, 0.717) is 12.0 Å². The van der Waals surface area contributed by atoms with Crippen LogP contribution in [0.4, 0.5) is 0 Å². The Morgan fingerprint density at radius 1 is 1.53 bits per heavy atom. The Hall–Kier alpha value is -0.350. The molecule has 4 heteroatoms. The number of hydrogen-bond donors (Lipinski definition) is 1. The number of carbonyl (C=O) groups excluding carboxylic acids is 1. The van der Waals surface area contributed by atoms with Gasteiger partial charge in [0.2, 0.25) is 0 Å². The monoisotopic (exact) mass is 287 g/mol. The Morgan fingerprint density at radius 3 is 2.87 bits per heavy atom. The van der Waals surface area contributed by atoms with Gasteiger partial charge < -0.3 is 5.32 Å². The molecule has 0 spiro atoms. The van der Waals surface area contributed by atoms with Gasteiger partial charge in [0.15, 0.2) is 0 Å². The highest BCUT2D eigenvalue weighted by molar-refractivity contribution is 9.10. The topological polar surface area (TPSA) is 29.1 Å². The fourth-order valence-corrected chi connectivity index (χ4v) is 3.50. The van der Waals surface area contributed by atoms with Crippen LogP contribution in [0.2, 0.25) is 0 Å². The highest BCUT2D eigenvalue weighted by Crippen LogP contribution is 2.26. The van der Waals surface area contributed by atoms with Gasteiger partial charge in [0.25, 0.3) is 5.91 Å². The Labute approximate surface area is 102 Å². The summed E-state index contributed by atoms with van der Waals surface area (Å²) < 4.78 is 0.899. The number of amides is 1. The van der Waals surface area contributed by atoms with Gasteiger partial charge in [0.05, 0.1) is 5.56 Å². The maximum Gasteiger partial charge on any atom is 0.253 e. The lowest BCUT2D eigenvalue weighted by molar-refractivity contribution is 0.0929. The van der Waals surface area contributed by atoms with Crippen molar-refractivity contribution in [1.29, 1.82) is 0 Å². The van der Waals surface area contributed by atoms with Crippen molar-refractivity contribution in [3.63, 3.8) is 0 Å². The van der Waals surface area contributed by atoms with E-state index in [4.69, 9.17) is 0 Å². The average Bonchev–Trinajstić information content (AvgIpc) is 2.76. The fourth-order valence-electron chi connectivity index (χ4n) is 2.05. The molecule has 1 amide bonds. The summed E-state index contributed by atoms with van der Waals surface area (Å²) in [6.07, 6.45) is 3.58. The van der Waals surface area contributed by atoms with Crippen molar-refractivity contribution in [3.8, 4) is 0 Å². The molecule has 82 valence electrons. The molecule has 1 fully saturated rings. The van der Waals surface area contributed by atoms with Crippen molar-refractivity contribution in [2.24, 2.45) is 5.92 Å². The molecule has 1 aliphatic carbocycles. The van der Waals surface area contributed by atoms with Crippen molar-refractivity contribution in [3.05, 3.63) is 20.8 Å². The smallest absolute Gasteiger partial charge is 0.253 e. The Bertz CT molecular complexity index is 363. The van der Waals surface area contributed by atoms with Crippen LogP contribution in [-0.2, 0) is 0 Å². The van der Waals surface area contributed by atoms with Crippen LogP contribution in [-0.4, -0.2) is 11.9 Å². The molecule has 2 unspecified atom stereocenters. The molecule has 1 aromatic heterocycles. The summed E-state index contributed by atoms with van der Waals surface area (Å²) in [6, 6.07) is 0.365. The van der Waals surface area contributed by atoms with Crippen LogP contribution in [0.15, 0.2) is 15.2 Å². The summed E-state index contributed by atoms with van der Waals surface area (Å²) in [6.45, 7) is 2.21. The molecular formula is C11H14BrNOS. The van der Waals surface area contributed by atoms with Gasteiger partial charge in [-0.3, -0.25) is 4.79 Å². The molecule has 15 heavy (non-hydrogen) atoms. The van der Waals surface area contributed by atoms with Gasteiger partial charge in [-0.05, 0) is 34.7 Å². The van der Waals surface area contributed by atoms with E-state index < -0.39 is 0 Å². The average molecular weight is 288 g/mol. The van der Waals surface area contributed by atoms with Crippen LogP contribution in [0, 0.1) is 5.92 Å². The largest absolute Gasteiger partial charge is 0.349 e. The van der Waals surface area contributed by atoms with Crippen LogP contribution in [0.3, 0.4) is 0 Å². The van der Waals surface area contributed by atoms with E-state index in [2.05, 4.69) is 28.2 Å². The lowest BCUT2D eigenvalue weighted by Gasteiger charge is -2.16. The SMILES string of the molecule is CC1CCCC1NC(=O)c1cscc1Br. The Kier molecular flexibility index (Phi) is 3.46. The summed E-state index contributed by atoms with van der Waals surface area (Å²) in [5.41, 5.74) is 0.763. The Morgan fingerprint density at radius 2 is 2.33 bits per heavy atom. The molecule has 0 aromatic carbocycles. The summed E-state index contributed by atoms with van der Waals surface area (Å²) in [7, 11) is 0. The summed E-state index contributed by atoms with van der Waals surface area (Å²) in [4.78, 5) is 11.9. The van der Waals surface area contributed by atoms with Crippen molar-refractivity contribution in [1.82, 2.24) is 5.32 Å². The van der Waals surface area contributed by atoms with Crippen LogP contribution < -0.4 is 5.32 Å². The first kappa shape index (κ1) is 11.1. The predicted octanol–water partition coefficient (Wildman–Crippen LogP) is 3.43. The molecular weight excluding hydrogens is 274 g/mol. The van der Waals surface area contributed by atoms with Crippen molar-refractivity contribution < 1.29 is 4.79 Å². The highest BCUT2D eigenvalue weighted by atomic mass is 79.9. The number of nitrogens with one attached hydrogen (secondary N) is 1. The zero-order chi connectivity index (χ0) is 10.8. The summed E-state index contributed by atoms with van der Waals surface area (Å²) >= 11 is 4.93. The normalized spacial score (nSPS) is 25.5. The van der Waals surface area contributed by atoms with E-state index in [9.17, 15) is 4.79 Å². The van der Waals surface area contributed by atoms with E-state index in [0.717, 1.165) is 16.5 Å². The molecule has 0 bridgehead atoms. The zero-order valence-corrected chi connectivity index (χ0v) is 11.0. The molecule has 1 aromatic rings. The first-order valence-electron chi connectivity index (χ1n) is 5.21. The van der Waals surface area contributed by atoms with E-state index in [-0.39, 0.29) is 5.91 Å². The van der Waals surface area contributed by atoms with Crippen LogP contribution >= 0.6 is 27.3 Å². The molecule has 0 aliphatic heterocycles. The first-order valence-corrected chi connectivity index (χ1v) is 6.94. The minimum absolute atomic E-state index is 0.0573. The van der Waals surface area contributed by atoms with Crippen molar-refractivity contribution >= 4 is 33.2 Å². The van der Waals surface area contributed by atoms with Gasteiger partial charge in [0.1, 0.15) is 0 Å². The van der Waals surface area contributed by atoms with Gasteiger partial charge in [-0.25, -0.2) is 0 Å². The molecule has 2 atom stereocenters. The molecule has 0 saturated heterocycles. The third-order valence-electron chi connectivity index (χ3n) is 3.04. The van der Waals surface area contributed by atoms with Crippen LogP contribution in [0.1, 0.15) is 36.5 Å². The highest BCUT2D eigenvalue weighted by Gasteiger charge is 2.25. The second-order valence-electron chi connectivity index (χ2n) is 4.12. The van der Waals surface area contributed by atoms with Gasteiger partial charge in [-0.15, -0.1) is 0 Å². The van der Waals surface area contributed by atoms with Crippen LogP contribution in [0.25, 0.3) is 0 Å². The van der Waals surface area contributed by atoms with Gasteiger partial charge in [0, 0.05) is 21.3 Å². The van der Waals surface area contributed by atoms with Crippen molar-refractivity contribution in [2.75, 3.05) is 0 Å². The zero-order valence-electron chi connectivity index (χ0n) is 8.63. The number of thiophene rings is 1. The molecule has 2 nitrogen and oxygen atoms in total. The number of hydrogen-bond acceptors (Lipinski definition) is 2. The van der Waals surface area contributed by atoms with E-state index in [1.54, 1.807) is 11.3 Å². The van der Waals surface area contributed by atoms with E-state index in [1.165, 1.54) is 12.8 Å². The second-order valence-corrected chi connectivity index (χ2v) is 5.72. The minimum atomic E-state index is 0.0573. The second kappa shape index (κ2) is 4.66. The van der Waals surface area contributed by atoms with Crippen LogP contribution in [0.5, 0.6) is 0 Å². The molecule has 1 saturated carbocycles. The molecule has 1 heterocycles. The van der Waals surface area contributed by atoms with Gasteiger partial charge >= 0.3 is 0 Å². The lowest BCUT2D eigenvalue weighted by Crippen LogP contribution is -2.36. The predicted molar refractivity (Wildman–Crippen MR) is 66.3 cm³/mol. The molecule has 2 rings (SSSR count). The molecule has 1 N–H and O–H groups in total. The minimum Gasteiger partial charge on any atom is -0.349 e. The Balaban J connectivity index is 2.01. The summed E-state index contributed by atoms with van der Waals surface area (Å²) in [5.74, 6) is 0.674. The lowest BCUT2D eigenvalue weighted by atomic mass is 10.1. The van der Waals surface area contributed by atoms with E-state index in [1.807, 2.05) is 10.8 Å². The number of rotatable bonds is 2. The third kappa shape index (κ3) is 2.42. The third-order valence-corrected chi connectivity index (χ3v) is 4.74. The summed E-state index contributed by atoms with van der Waals surface area (Å²) in [5, 5.41) is 6.94. The molecule has 1 aliphatic rings. The van der Waals surface area contributed by atoms with Crippen molar-refractivity contribution in [2.45, 2.75) is 32.2 Å².